The van der Waals surface area contributed by atoms with Crippen LogP contribution in [-0.2, 0) is 14.9 Å². The van der Waals surface area contributed by atoms with Gasteiger partial charge in [-0.15, -0.1) is 0 Å². The van der Waals surface area contributed by atoms with E-state index in [1.807, 2.05) is 0 Å². The minimum Gasteiger partial charge on any atom is -0.288 e. The average Bonchev–Trinajstić information content (AvgIpc) is 2.20. The molecule has 4 nitrogen and oxygen atoms in total. The van der Waals surface area contributed by atoms with Crippen LogP contribution in [0.2, 0.25) is 0 Å². The van der Waals surface area contributed by atoms with Crippen molar-refractivity contribution in [3.05, 3.63) is 29.8 Å². The van der Waals surface area contributed by atoms with Crippen LogP contribution in [0, 0.1) is 11.6 Å². The van der Waals surface area contributed by atoms with Crippen LogP contribution in [0.4, 0.5) is 8.78 Å². The molecule has 84 valence electrons. The highest BCUT2D eigenvalue weighted by atomic mass is 32.2. The Labute approximate surface area is 86.1 Å². The molecule has 0 aliphatic rings. The standard InChI is InChI=1S/C8H9F2NO3S/c1-11(14-2)15(12,13)8-5-6(9)3-4-7(8)10/h3-5H,1-2H3. The molecule has 0 spiro atoms. The molecule has 7 heteroatoms. The van der Waals surface area contributed by atoms with E-state index in [1.165, 1.54) is 0 Å². The molecule has 1 aromatic carbocycles. The number of hydrogen-bond acceptors (Lipinski definition) is 3. The van der Waals surface area contributed by atoms with E-state index in [4.69, 9.17) is 0 Å². The van der Waals surface area contributed by atoms with Crippen molar-refractivity contribution in [2.75, 3.05) is 14.2 Å². The van der Waals surface area contributed by atoms with Crippen molar-refractivity contribution >= 4 is 10.0 Å². The summed E-state index contributed by atoms with van der Waals surface area (Å²) in [6.45, 7) is 0. The highest BCUT2D eigenvalue weighted by Crippen LogP contribution is 2.19. The van der Waals surface area contributed by atoms with Crippen LogP contribution in [0.3, 0.4) is 0 Å². The maximum Gasteiger partial charge on any atom is 0.267 e. The van der Waals surface area contributed by atoms with Crippen molar-refractivity contribution in [1.29, 1.82) is 0 Å². The number of sulfonamides is 1. The molecule has 0 aliphatic heterocycles. The molecule has 0 atom stereocenters. The summed E-state index contributed by atoms with van der Waals surface area (Å²) >= 11 is 0. The third kappa shape index (κ3) is 2.31. The first-order valence-electron chi connectivity index (χ1n) is 3.87. The topological polar surface area (TPSA) is 46.6 Å². The molecule has 0 radical (unpaired) electrons. The number of hydroxylamine groups is 1. The lowest BCUT2D eigenvalue weighted by atomic mass is 10.3. The van der Waals surface area contributed by atoms with Crippen molar-refractivity contribution in [3.63, 3.8) is 0 Å². The second-order valence-electron chi connectivity index (χ2n) is 2.67. The Balaban J connectivity index is 3.33. The zero-order valence-corrected chi connectivity index (χ0v) is 8.88. The Hall–Kier alpha value is -1.05. The smallest absolute Gasteiger partial charge is 0.267 e. The number of rotatable bonds is 3. The zero-order valence-electron chi connectivity index (χ0n) is 8.07. The molecule has 0 heterocycles. The van der Waals surface area contributed by atoms with Crippen LogP contribution in [0.15, 0.2) is 23.1 Å². The molecular weight excluding hydrogens is 228 g/mol. The fourth-order valence-corrected chi connectivity index (χ4v) is 1.96. The predicted molar refractivity (Wildman–Crippen MR) is 48.3 cm³/mol. The molecule has 0 unspecified atom stereocenters. The number of benzene rings is 1. The maximum absolute atomic E-state index is 13.1. The van der Waals surface area contributed by atoms with Gasteiger partial charge in [0.25, 0.3) is 10.0 Å². The van der Waals surface area contributed by atoms with Gasteiger partial charge in [0.05, 0.1) is 7.11 Å². The second kappa shape index (κ2) is 4.21. The van der Waals surface area contributed by atoms with Gasteiger partial charge in [0.15, 0.2) is 0 Å². The molecule has 0 bridgehead atoms. The first-order chi connectivity index (χ1) is 6.89. The van der Waals surface area contributed by atoms with E-state index in [0.717, 1.165) is 26.3 Å². The SMILES string of the molecule is CON(C)S(=O)(=O)c1cc(F)ccc1F. The van der Waals surface area contributed by atoms with Gasteiger partial charge >= 0.3 is 0 Å². The first kappa shape index (κ1) is 12.0. The highest BCUT2D eigenvalue weighted by molar-refractivity contribution is 7.89. The Kier molecular flexibility index (Phi) is 3.38. The molecule has 0 aliphatic carbocycles. The van der Waals surface area contributed by atoms with Crippen molar-refractivity contribution in [3.8, 4) is 0 Å². The van der Waals surface area contributed by atoms with Crippen LogP contribution in [0.25, 0.3) is 0 Å². The Morgan fingerprint density at radius 1 is 1.33 bits per heavy atom. The van der Waals surface area contributed by atoms with Gasteiger partial charge in [-0.2, -0.15) is 0 Å². The fraction of sp³-hybridized carbons (Fsp3) is 0.250. The van der Waals surface area contributed by atoms with Crippen LogP contribution >= 0.6 is 0 Å². The summed E-state index contributed by atoms with van der Waals surface area (Å²) in [7, 11) is -1.96. The summed E-state index contributed by atoms with van der Waals surface area (Å²) in [4.78, 5) is 3.66. The fourth-order valence-electron chi connectivity index (χ4n) is 0.912. The molecule has 0 aromatic heterocycles. The van der Waals surface area contributed by atoms with Gasteiger partial charge in [-0.1, -0.05) is 4.47 Å². The Morgan fingerprint density at radius 2 is 1.93 bits per heavy atom. The van der Waals surface area contributed by atoms with E-state index >= 15 is 0 Å². The third-order valence-electron chi connectivity index (χ3n) is 1.77. The molecule has 0 saturated heterocycles. The third-order valence-corrected chi connectivity index (χ3v) is 3.46. The van der Waals surface area contributed by atoms with Gasteiger partial charge in [-0.3, -0.25) is 4.84 Å². The monoisotopic (exact) mass is 237 g/mol. The number of hydrogen-bond donors (Lipinski definition) is 0. The normalized spacial score (nSPS) is 12.1. The number of nitrogens with zero attached hydrogens (tertiary/aromatic N) is 1. The van der Waals surface area contributed by atoms with Gasteiger partial charge < -0.3 is 0 Å². The van der Waals surface area contributed by atoms with Crippen molar-refractivity contribution < 1.29 is 22.0 Å². The minimum absolute atomic E-state index is 0.449. The van der Waals surface area contributed by atoms with Crippen molar-refractivity contribution in [1.82, 2.24) is 4.47 Å². The highest BCUT2D eigenvalue weighted by Gasteiger charge is 2.25. The zero-order chi connectivity index (χ0) is 11.6. The molecule has 0 amide bonds. The lowest BCUT2D eigenvalue weighted by Gasteiger charge is -2.14. The predicted octanol–water partition coefficient (Wildman–Crippen LogP) is 1.15. The molecular formula is C8H9F2NO3S. The van der Waals surface area contributed by atoms with E-state index in [1.54, 1.807) is 0 Å². The van der Waals surface area contributed by atoms with E-state index < -0.39 is 26.6 Å². The van der Waals surface area contributed by atoms with Gasteiger partial charge in [-0.05, 0) is 18.2 Å². The van der Waals surface area contributed by atoms with Crippen LogP contribution in [0.5, 0.6) is 0 Å². The molecule has 15 heavy (non-hydrogen) atoms. The largest absolute Gasteiger partial charge is 0.288 e. The van der Waals surface area contributed by atoms with Gasteiger partial charge in [0.2, 0.25) is 0 Å². The van der Waals surface area contributed by atoms with Crippen molar-refractivity contribution in [2.45, 2.75) is 4.90 Å². The summed E-state index contributed by atoms with van der Waals surface area (Å²) < 4.78 is 49.4. The minimum atomic E-state index is -4.15. The lowest BCUT2D eigenvalue weighted by molar-refractivity contribution is -0.0260. The van der Waals surface area contributed by atoms with Gasteiger partial charge in [0.1, 0.15) is 16.5 Å². The van der Waals surface area contributed by atoms with E-state index in [-0.39, 0.29) is 0 Å². The van der Waals surface area contributed by atoms with Crippen LogP contribution in [0.1, 0.15) is 0 Å². The summed E-state index contributed by atoms with van der Waals surface area (Å²) in [6, 6.07) is 2.17. The number of halogens is 2. The molecule has 0 saturated carbocycles. The summed E-state index contributed by atoms with van der Waals surface area (Å²) in [5.74, 6) is -1.86. The summed E-state index contributed by atoms with van der Waals surface area (Å²) in [5.41, 5.74) is 0. The van der Waals surface area contributed by atoms with Crippen LogP contribution in [-0.4, -0.2) is 27.0 Å². The van der Waals surface area contributed by atoms with Crippen molar-refractivity contribution in [2.24, 2.45) is 0 Å². The average molecular weight is 237 g/mol. The second-order valence-corrected chi connectivity index (χ2v) is 4.58. The summed E-state index contributed by atoms with van der Waals surface area (Å²) in [5, 5.41) is 0. The van der Waals surface area contributed by atoms with Gasteiger partial charge in [0, 0.05) is 7.05 Å². The van der Waals surface area contributed by atoms with E-state index in [0.29, 0.717) is 10.5 Å². The van der Waals surface area contributed by atoms with Gasteiger partial charge in [-0.25, -0.2) is 17.2 Å². The quantitative estimate of drug-likeness (QED) is 0.741. The summed E-state index contributed by atoms with van der Waals surface area (Å²) in [6.07, 6.45) is 0. The Bertz CT molecular complexity index is 461. The lowest BCUT2D eigenvalue weighted by Crippen LogP contribution is -2.26. The Morgan fingerprint density at radius 3 is 2.47 bits per heavy atom. The molecule has 0 fully saturated rings. The maximum atomic E-state index is 13.1. The molecule has 0 N–H and O–H groups in total. The molecule has 1 aromatic rings. The van der Waals surface area contributed by atoms with E-state index in [2.05, 4.69) is 4.84 Å². The van der Waals surface area contributed by atoms with E-state index in [9.17, 15) is 17.2 Å². The first-order valence-corrected chi connectivity index (χ1v) is 5.31. The molecule has 1 rings (SSSR count). The van der Waals surface area contributed by atoms with Crippen LogP contribution < -0.4 is 0 Å².